The topological polar surface area (TPSA) is 49.8 Å². The molecule has 94 valence electrons. The molecule has 4 nitrogen and oxygen atoms in total. The van der Waals surface area contributed by atoms with Crippen molar-refractivity contribution in [3.05, 3.63) is 40.5 Å². The Hall–Kier alpha value is -1.81. The molecule has 0 amide bonds. The van der Waals surface area contributed by atoms with Crippen LogP contribution in [0.4, 0.5) is 17.5 Å². The second kappa shape index (κ2) is 5.23. The molecule has 0 radical (unpaired) electrons. The number of nitrogens with zero attached hydrogens (tertiary/aromatic N) is 2. The monoisotopic (exact) mass is 262 g/mol. The zero-order valence-electron chi connectivity index (χ0n) is 10.6. The van der Waals surface area contributed by atoms with E-state index in [1.54, 1.807) is 7.05 Å². The third-order valence-corrected chi connectivity index (χ3v) is 2.79. The number of halogens is 1. The van der Waals surface area contributed by atoms with Crippen molar-refractivity contribution in [2.75, 3.05) is 17.7 Å². The maximum Gasteiger partial charge on any atom is 0.224 e. The average molecular weight is 263 g/mol. The summed E-state index contributed by atoms with van der Waals surface area (Å²) in [7, 11) is 1.79. The van der Waals surface area contributed by atoms with Crippen molar-refractivity contribution in [2.24, 2.45) is 0 Å². The molecule has 0 unspecified atom stereocenters. The Labute approximate surface area is 111 Å². The van der Waals surface area contributed by atoms with Gasteiger partial charge in [-0.1, -0.05) is 17.7 Å². The van der Waals surface area contributed by atoms with Crippen molar-refractivity contribution in [1.29, 1.82) is 0 Å². The fraction of sp³-hybridized carbons (Fsp3) is 0.231. The maximum atomic E-state index is 6.14. The fourth-order valence-electron chi connectivity index (χ4n) is 1.62. The summed E-state index contributed by atoms with van der Waals surface area (Å²) in [5.74, 6) is 1.31. The van der Waals surface area contributed by atoms with Crippen molar-refractivity contribution in [3.63, 3.8) is 0 Å². The van der Waals surface area contributed by atoms with E-state index in [2.05, 4.69) is 20.6 Å². The van der Waals surface area contributed by atoms with Gasteiger partial charge in [-0.05, 0) is 31.5 Å². The van der Waals surface area contributed by atoms with Gasteiger partial charge in [-0.15, -0.1) is 0 Å². The highest BCUT2D eigenvalue weighted by atomic mass is 35.5. The first-order valence-corrected chi connectivity index (χ1v) is 6.03. The summed E-state index contributed by atoms with van der Waals surface area (Å²) in [5.41, 5.74) is 2.87. The Morgan fingerprint density at radius 1 is 1.11 bits per heavy atom. The molecule has 0 aliphatic carbocycles. The lowest BCUT2D eigenvalue weighted by atomic mass is 10.2. The van der Waals surface area contributed by atoms with Gasteiger partial charge in [0.2, 0.25) is 5.95 Å². The molecule has 0 aliphatic heterocycles. The molecular weight excluding hydrogens is 248 g/mol. The van der Waals surface area contributed by atoms with Crippen LogP contribution < -0.4 is 10.6 Å². The van der Waals surface area contributed by atoms with Crippen LogP contribution in [0.1, 0.15) is 11.3 Å². The molecule has 2 N–H and O–H groups in total. The lowest BCUT2D eigenvalue weighted by Gasteiger charge is -2.10. The molecule has 0 aliphatic rings. The SMILES string of the molecule is CNc1nc(C)cc(Nc2cc(C)ccc2Cl)n1. The van der Waals surface area contributed by atoms with Crippen molar-refractivity contribution < 1.29 is 0 Å². The molecule has 1 heterocycles. The van der Waals surface area contributed by atoms with E-state index in [1.807, 2.05) is 38.1 Å². The minimum absolute atomic E-state index is 0.585. The van der Waals surface area contributed by atoms with Gasteiger partial charge in [-0.3, -0.25) is 0 Å². The van der Waals surface area contributed by atoms with E-state index in [9.17, 15) is 0 Å². The first-order valence-electron chi connectivity index (χ1n) is 5.65. The van der Waals surface area contributed by atoms with Crippen LogP contribution in [0.2, 0.25) is 5.02 Å². The number of nitrogens with one attached hydrogen (secondary N) is 2. The zero-order chi connectivity index (χ0) is 13.1. The summed E-state index contributed by atoms with van der Waals surface area (Å²) in [5, 5.41) is 6.80. The smallest absolute Gasteiger partial charge is 0.224 e. The summed E-state index contributed by atoms with van der Waals surface area (Å²) < 4.78 is 0. The minimum atomic E-state index is 0.585. The van der Waals surface area contributed by atoms with Crippen molar-refractivity contribution in [1.82, 2.24) is 9.97 Å². The van der Waals surface area contributed by atoms with Gasteiger partial charge in [0, 0.05) is 18.8 Å². The molecule has 5 heteroatoms. The van der Waals surface area contributed by atoms with Gasteiger partial charge < -0.3 is 10.6 Å². The van der Waals surface area contributed by atoms with Crippen LogP contribution in [0, 0.1) is 13.8 Å². The molecule has 2 rings (SSSR count). The van der Waals surface area contributed by atoms with E-state index < -0.39 is 0 Å². The van der Waals surface area contributed by atoms with E-state index in [-0.39, 0.29) is 0 Å². The van der Waals surface area contributed by atoms with Crippen molar-refractivity contribution >= 4 is 29.1 Å². The third kappa shape index (κ3) is 2.90. The molecule has 18 heavy (non-hydrogen) atoms. The standard InChI is InChI=1S/C13H15ClN4/c1-8-4-5-10(14)11(6-8)17-12-7-9(2)16-13(15-3)18-12/h4-7H,1-3H3,(H2,15,16,17,18). The summed E-state index contributed by atoms with van der Waals surface area (Å²) in [4.78, 5) is 8.56. The number of anilines is 3. The van der Waals surface area contributed by atoms with Gasteiger partial charge in [-0.25, -0.2) is 4.98 Å². The molecule has 2 aromatic rings. The molecule has 0 saturated carbocycles. The Balaban J connectivity index is 2.33. The highest BCUT2D eigenvalue weighted by molar-refractivity contribution is 6.33. The quantitative estimate of drug-likeness (QED) is 0.888. The van der Waals surface area contributed by atoms with E-state index in [1.165, 1.54) is 0 Å². The van der Waals surface area contributed by atoms with Crippen molar-refractivity contribution in [3.8, 4) is 0 Å². The summed E-state index contributed by atoms with van der Waals surface area (Å²) >= 11 is 6.14. The van der Waals surface area contributed by atoms with E-state index in [0.717, 1.165) is 22.8 Å². The Kier molecular flexibility index (Phi) is 3.67. The molecule has 0 spiro atoms. The van der Waals surface area contributed by atoms with Gasteiger partial charge in [0.1, 0.15) is 5.82 Å². The number of aromatic nitrogens is 2. The summed E-state index contributed by atoms with van der Waals surface area (Å²) in [6.07, 6.45) is 0. The van der Waals surface area contributed by atoms with Gasteiger partial charge in [-0.2, -0.15) is 4.98 Å². The van der Waals surface area contributed by atoms with Gasteiger partial charge in [0.15, 0.2) is 0 Å². The van der Waals surface area contributed by atoms with Crippen LogP contribution in [-0.2, 0) is 0 Å². The number of hydrogen-bond donors (Lipinski definition) is 2. The van der Waals surface area contributed by atoms with Crippen LogP contribution in [0.3, 0.4) is 0 Å². The Bertz CT molecular complexity index is 569. The van der Waals surface area contributed by atoms with E-state index in [0.29, 0.717) is 11.0 Å². The summed E-state index contributed by atoms with van der Waals surface area (Å²) in [6, 6.07) is 7.70. The Morgan fingerprint density at radius 2 is 1.89 bits per heavy atom. The first kappa shape index (κ1) is 12.6. The first-order chi connectivity index (χ1) is 8.58. The van der Waals surface area contributed by atoms with Gasteiger partial charge in [0.25, 0.3) is 0 Å². The predicted octanol–water partition coefficient (Wildman–Crippen LogP) is 3.53. The Morgan fingerprint density at radius 3 is 2.61 bits per heavy atom. The number of hydrogen-bond acceptors (Lipinski definition) is 4. The van der Waals surface area contributed by atoms with Crippen LogP contribution in [0.15, 0.2) is 24.3 Å². The number of benzene rings is 1. The molecule has 1 aromatic heterocycles. The highest BCUT2D eigenvalue weighted by Gasteiger charge is 2.04. The zero-order valence-corrected chi connectivity index (χ0v) is 11.3. The molecule has 0 fully saturated rings. The average Bonchev–Trinajstić information content (AvgIpc) is 2.33. The molecule has 0 saturated heterocycles. The third-order valence-electron chi connectivity index (χ3n) is 2.46. The van der Waals surface area contributed by atoms with Crippen LogP contribution >= 0.6 is 11.6 Å². The maximum absolute atomic E-state index is 6.14. The summed E-state index contributed by atoms with van der Waals surface area (Å²) in [6.45, 7) is 3.94. The molecule has 0 bridgehead atoms. The highest BCUT2D eigenvalue weighted by Crippen LogP contribution is 2.26. The largest absolute Gasteiger partial charge is 0.357 e. The van der Waals surface area contributed by atoms with Gasteiger partial charge >= 0.3 is 0 Å². The predicted molar refractivity (Wildman–Crippen MR) is 75.8 cm³/mol. The van der Waals surface area contributed by atoms with E-state index in [4.69, 9.17) is 11.6 Å². The fourth-order valence-corrected chi connectivity index (χ4v) is 1.78. The van der Waals surface area contributed by atoms with Gasteiger partial charge in [0.05, 0.1) is 10.7 Å². The van der Waals surface area contributed by atoms with Crippen molar-refractivity contribution in [2.45, 2.75) is 13.8 Å². The molecule has 0 atom stereocenters. The normalized spacial score (nSPS) is 10.2. The molecular formula is C13H15ClN4. The second-order valence-corrected chi connectivity index (χ2v) is 4.48. The molecule has 1 aromatic carbocycles. The minimum Gasteiger partial charge on any atom is -0.357 e. The van der Waals surface area contributed by atoms with E-state index >= 15 is 0 Å². The van der Waals surface area contributed by atoms with Crippen LogP contribution in [0.25, 0.3) is 0 Å². The number of rotatable bonds is 3. The lowest BCUT2D eigenvalue weighted by Crippen LogP contribution is -2.02. The van der Waals surface area contributed by atoms with Crippen LogP contribution in [-0.4, -0.2) is 17.0 Å². The van der Waals surface area contributed by atoms with Crippen LogP contribution in [0.5, 0.6) is 0 Å². The number of aryl methyl sites for hydroxylation is 2. The lowest BCUT2D eigenvalue weighted by molar-refractivity contribution is 1.10. The second-order valence-electron chi connectivity index (χ2n) is 4.08.